The van der Waals surface area contributed by atoms with Crippen LogP contribution in [0.5, 0.6) is 0 Å². The molecule has 0 bridgehead atoms. The van der Waals surface area contributed by atoms with Gasteiger partial charge in [0.15, 0.2) is 0 Å². The van der Waals surface area contributed by atoms with Gasteiger partial charge in [-0.05, 0) is 42.4 Å². The predicted octanol–water partition coefficient (Wildman–Crippen LogP) is 1.25. The van der Waals surface area contributed by atoms with E-state index in [2.05, 4.69) is 18.2 Å². The number of hydrogen-bond acceptors (Lipinski definition) is 3. The third-order valence-electron chi connectivity index (χ3n) is 4.40. The molecule has 3 N–H and O–H groups in total. The molecule has 102 valence electrons. The van der Waals surface area contributed by atoms with Crippen LogP contribution in [0.25, 0.3) is 0 Å². The van der Waals surface area contributed by atoms with E-state index in [1.165, 1.54) is 23.1 Å². The number of hydrogen-bond donors (Lipinski definition) is 2. The molecule has 1 aliphatic carbocycles. The molecule has 1 aromatic rings. The number of aryl methyl sites for hydroxylation is 2. The average molecular weight is 261 g/mol. The summed E-state index contributed by atoms with van der Waals surface area (Å²) in [7, 11) is 0. The van der Waals surface area contributed by atoms with Gasteiger partial charge in [-0.3, -0.25) is 4.79 Å². The van der Waals surface area contributed by atoms with Gasteiger partial charge in [-0.2, -0.15) is 0 Å². The molecule has 1 aliphatic heterocycles. The highest BCUT2D eigenvalue weighted by Gasteiger charge is 2.43. The van der Waals surface area contributed by atoms with E-state index >= 15 is 0 Å². The molecule has 0 amide bonds. The van der Waals surface area contributed by atoms with Crippen molar-refractivity contribution in [1.29, 1.82) is 0 Å². The van der Waals surface area contributed by atoms with Crippen molar-refractivity contribution in [1.82, 2.24) is 0 Å². The zero-order valence-corrected chi connectivity index (χ0v) is 10.9. The predicted molar refractivity (Wildman–Crippen MR) is 71.2 cm³/mol. The Balaban J connectivity index is 1.87. The van der Waals surface area contributed by atoms with Gasteiger partial charge >= 0.3 is 5.97 Å². The molecule has 0 radical (unpaired) electrons. The minimum atomic E-state index is -0.938. The molecule has 1 aromatic carbocycles. The summed E-state index contributed by atoms with van der Waals surface area (Å²) in [6, 6.07) is 5.72. The van der Waals surface area contributed by atoms with Gasteiger partial charge < -0.3 is 15.6 Å². The molecule has 2 aliphatic rings. The third-order valence-corrected chi connectivity index (χ3v) is 4.40. The Hall–Kier alpha value is -1.39. The Morgan fingerprint density at radius 3 is 2.74 bits per heavy atom. The summed E-state index contributed by atoms with van der Waals surface area (Å²) >= 11 is 0. The van der Waals surface area contributed by atoms with Crippen molar-refractivity contribution in [3.05, 3.63) is 34.9 Å². The van der Waals surface area contributed by atoms with Crippen LogP contribution in [0.2, 0.25) is 0 Å². The maximum Gasteiger partial charge on any atom is 0.320 e. The SMILES string of the molecule is NC(CC1(c2ccc3c(c2)CCC3)COC1)C(=O)O. The van der Waals surface area contributed by atoms with Crippen molar-refractivity contribution >= 4 is 5.97 Å². The second kappa shape index (κ2) is 4.62. The molecular weight excluding hydrogens is 242 g/mol. The van der Waals surface area contributed by atoms with Crippen LogP contribution in [-0.2, 0) is 27.8 Å². The Morgan fingerprint density at radius 1 is 1.37 bits per heavy atom. The summed E-state index contributed by atoms with van der Waals surface area (Å²) in [5, 5.41) is 9.00. The first-order valence-electron chi connectivity index (χ1n) is 6.79. The van der Waals surface area contributed by atoms with Crippen molar-refractivity contribution in [2.75, 3.05) is 13.2 Å². The number of fused-ring (bicyclic) bond motifs is 1. The van der Waals surface area contributed by atoms with Gasteiger partial charge in [0, 0.05) is 5.41 Å². The van der Waals surface area contributed by atoms with Crippen LogP contribution >= 0.6 is 0 Å². The number of rotatable bonds is 4. The molecule has 1 fully saturated rings. The quantitative estimate of drug-likeness (QED) is 0.855. The van der Waals surface area contributed by atoms with Crippen LogP contribution < -0.4 is 5.73 Å². The van der Waals surface area contributed by atoms with Gasteiger partial charge in [-0.25, -0.2) is 0 Å². The van der Waals surface area contributed by atoms with Gasteiger partial charge in [0.25, 0.3) is 0 Å². The molecule has 4 nitrogen and oxygen atoms in total. The zero-order valence-electron chi connectivity index (χ0n) is 10.9. The van der Waals surface area contributed by atoms with Gasteiger partial charge in [-0.15, -0.1) is 0 Å². The lowest BCUT2D eigenvalue weighted by atomic mass is 9.73. The summed E-state index contributed by atoms with van der Waals surface area (Å²) in [4.78, 5) is 11.0. The Bertz CT molecular complexity index is 508. The van der Waals surface area contributed by atoms with Crippen molar-refractivity contribution in [2.24, 2.45) is 5.73 Å². The molecule has 4 heteroatoms. The summed E-state index contributed by atoms with van der Waals surface area (Å²) in [6.45, 7) is 1.15. The molecule has 1 heterocycles. The first-order chi connectivity index (χ1) is 9.11. The van der Waals surface area contributed by atoms with E-state index in [1.807, 2.05) is 0 Å². The number of benzene rings is 1. The Kier molecular flexibility index (Phi) is 3.07. The first-order valence-corrected chi connectivity index (χ1v) is 6.79. The molecule has 19 heavy (non-hydrogen) atoms. The lowest BCUT2D eigenvalue weighted by Crippen LogP contribution is -2.51. The molecular formula is C15H19NO3. The fourth-order valence-corrected chi connectivity index (χ4v) is 3.16. The maximum atomic E-state index is 11.0. The van der Waals surface area contributed by atoms with Crippen LogP contribution in [0.3, 0.4) is 0 Å². The standard InChI is InChI=1S/C15H19NO3/c16-13(14(17)18)7-15(8-19-9-15)12-5-4-10-2-1-3-11(10)6-12/h4-6,13H,1-3,7-9,16H2,(H,17,18). The number of carboxylic acids is 1. The highest BCUT2D eigenvalue weighted by atomic mass is 16.5. The minimum Gasteiger partial charge on any atom is -0.480 e. The van der Waals surface area contributed by atoms with Crippen molar-refractivity contribution in [3.8, 4) is 0 Å². The molecule has 1 atom stereocenters. The van der Waals surface area contributed by atoms with Crippen molar-refractivity contribution < 1.29 is 14.6 Å². The molecule has 1 unspecified atom stereocenters. The number of carbonyl (C=O) groups is 1. The minimum absolute atomic E-state index is 0.199. The van der Waals surface area contributed by atoms with Crippen molar-refractivity contribution in [3.63, 3.8) is 0 Å². The van der Waals surface area contributed by atoms with Crippen LogP contribution in [0.4, 0.5) is 0 Å². The number of nitrogens with two attached hydrogens (primary N) is 1. The van der Waals surface area contributed by atoms with E-state index < -0.39 is 12.0 Å². The Labute approximate surface area is 112 Å². The van der Waals surface area contributed by atoms with E-state index in [0.29, 0.717) is 19.6 Å². The number of carboxylic acid groups (broad SMARTS) is 1. The first kappa shape index (κ1) is 12.6. The van der Waals surface area contributed by atoms with Gasteiger partial charge in [0.05, 0.1) is 13.2 Å². The van der Waals surface area contributed by atoms with E-state index in [1.54, 1.807) is 0 Å². The van der Waals surface area contributed by atoms with Gasteiger partial charge in [0.2, 0.25) is 0 Å². The summed E-state index contributed by atoms with van der Waals surface area (Å²) in [5.41, 5.74) is 9.54. The van der Waals surface area contributed by atoms with Crippen LogP contribution in [0.1, 0.15) is 29.5 Å². The lowest BCUT2D eigenvalue weighted by Gasteiger charge is -2.43. The molecule has 3 rings (SSSR count). The van der Waals surface area contributed by atoms with E-state index in [4.69, 9.17) is 15.6 Å². The lowest BCUT2D eigenvalue weighted by molar-refractivity contribution is -0.141. The average Bonchev–Trinajstić information content (AvgIpc) is 2.80. The van der Waals surface area contributed by atoms with Crippen LogP contribution in [0, 0.1) is 0 Å². The molecule has 0 saturated carbocycles. The fraction of sp³-hybridized carbons (Fsp3) is 0.533. The number of aliphatic carboxylic acids is 1. The summed E-state index contributed by atoms with van der Waals surface area (Å²) in [6.07, 6.45) is 3.96. The highest BCUT2D eigenvalue weighted by Crippen LogP contribution is 2.38. The van der Waals surface area contributed by atoms with E-state index in [-0.39, 0.29) is 5.41 Å². The second-order valence-electron chi connectivity index (χ2n) is 5.76. The third kappa shape index (κ3) is 2.15. The maximum absolute atomic E-state index is 11.0. The monoisotopic (exact) mass is 261 g/mol. The largest absolute Gasteiger partial charge is 0.480 e. The van der Waals surface area contributed by atoms with Crippen LogP contribution in [-0.4, -0.2) is 30.3 Å². The second-order valence-corrected chi connectivity index (χ2v) is 5.76. The topological polar surface area (TPSA) is 72.5 Å². The number of ether oxygens (including phenoxy) is 1. The summed E-state index contributed by atoms with van der Waals surface area (Å²) in [5.74, 6) is -0.938. The van der Waals surface area contributed by atoms with Crippen molar-refractivity contribution in [2.45, 2.75) is 37.1 Å². The van der Waals surface area contributed by atoms with E-state index in [9.17, 15) is 4.79 Å². The normalized spacial score (nSPS) is 21.5. The summed E-state index contributed by atoms with van der Waals surface area (Å²) < 4.78 is 5.34. The molecule has 0 spiro atoms. The highest BCUT2D eigenvalue weighted by molar-refractivity contribution is 5.73. The molecule has 0 aromatic heterocycles. The Morgan fingerprint density at radius 2 is 2.11 bits per heavy atom. The zero-order chi connectivity index (χ0) is 13.5. The molecule has 1 saturated heterocycles. The fourth-order valence-electron chi connectivity index (χ4n) is 3.16. The van der Waals surface area contributed by atoms with E-state index in [0.717, 1.165) is 12.8 Å². The van der Waals surface area contributed by atoms with Gasteiger partial charge in [-0.1, -0.05) is 18.2 Å². The van der Waals surface area contributed by atoms with Gasteiger partial charge in [0.1, 0.15) is 6.04 Å². The smallest absolute Gasteiger partial charge is 0.320 e. The van der Waals surface area contributed by atoms with Crippen LogP contribution in [0.15, 0.2) is 18.2 Å².